The SMILES string of the molecule is CCCNC(=O)CNS(=O)(=O)c1cc(C(=O)O)ccc1C. The van der Waals surface area contributed by atoms with Gasteiger partial charge in [0.25, 0.3) is 0 Å². The first kappa shape index (κ1) is 17.1. The minimum Gasteiger partial charge on any atom is -0.478 e. The summed E-state index contributed by atoms with van der Waals surface area (Å²) in [4.78, 5) is 22.2. The molecule has 21 heavy (non-hydrogen) atoms. The molecule has 0 fully saturated rings. The zero-order valence-corrected chi connectivity index (χ0v) is 12.7. The van der Waals surface area contributed by atoms with Gasteiger partial charge in [0.15, 0.2) is 0 Å². The molecular formula is C13H18N2O5S. The summed E-state index contributed by atoms with van der Waals surface area (Å²) in [6.07, 6.45) is 0.748. The van der Waals surface area contributed by atoms with Crippen LogP contribution in [0.4, 0.5) is 0 Å². The molecule has 0 heterocycles. The Morgan fingerprint density at radius 3 is 2.52 bits per heavy atom. The van der Waals surface area contributed by atoms with Crippen molar-refractivity contribution >= 4 is 21.9 Å². The second-order valence-electron chi connectivity index (χ2n) is 4.46. The first-order chi connectivity index (χ1) is 9.77. The fourth-order valence-corrected chi connectivity index (χ4v) is 2.84. The molecule has 0 bridgehead atoms. The molecule has 7 nitrogen and oxygen atoms in total. The van der Waals surface area contributed by atoms with E-state index in [0.29, 0.717) is 12.1 Å². The van der Waals surface area contributed by atoms with E-state index >= 15 is 0 Å². The van der Waals surface area contributed by atoms with Crippen molar-refractivity contribution in [1.29, 1.82) is 0 Å². The van der Waals surface area contributed by atoms with Crippen LogP contribution in [0, 0.1) is 6.92 Å². The van der Waals surface area contributed by atoms with Gasteiger partial charge in [0.2, 0.25) is 15.9 Å². The van der Waals surface area contributed by atoms with Gasteiger partial charge in [0.05, 0.1) is 17.0 Å². The number of carbonyl (C=O) groups is 2. The third-order valence-corrected chi connectivity index (χ3v) is 4.26. The highest BCUT2D eigenvalue weighted by molar-refractivity contribution is 7.89. The maximum Gasteiger partial charge on any atom is 0.335 e. The van der Waals surface area contributed by atoms with E-state index in [1.165, 1.54) is 12.1 Å². The van der Waals surface area contributed by atoms with E-state index in [1.807, 2.05) is 6.92 Å². The Hall–Kier alpha value is -1.93. The molecule has 0 aliphatic heterocycles. The Morgan fingerprint density at radius 2 is 1.95 bits per heavy atom. The Bertz CT molecular complexity index is 640. The highest BCUT2D eigenvalue weighted by atomic mass is 32.2. The molecule has 0 aromatic heterocycles. The van der Waals surface area contributed by atoms with E-state index in [0.717, 1.165) is 12.5 Å². The lowest BCUT2D eigenvalue weighted by Gasteiger charge is -2.10. The van der Waals surface area contributed by atoms with E-state index in [1.54, 1.807) is 6.92 Å². The lowest BCUT2D eigenvalue weighted by molar-refractivity contribution is -0.119. The maximum atomic E-state index is 12.1. The predicted molar refractivity (Wildman–Crippen MR) is 76.6 cm³/mol. The predicted octanol–water partition coefficient (Wildman–Crippen LogP) is 0.498. The second-order valence-corrected chi connectivity index (χ2v) is 6.20. The number of benzene rings is 1. The van der Waals surface area contributed by atoms with E-state index in [-0.39, 0.29) is 17.0 Å². The summed E-state index contributed by atoms with van der Waals surface area (Å²) < 4.78 is 26.4. The van der Waals surface area contributed by atoms with Crippen LogP contribution in [0.3, 0.4) is 0 Å². The Balaban J connectivity index is 2.90. The minimum absolute atomic E-state index is 0.128. The van der Waals surface area contributed by atoms with E-state index in [4.69, 9.17) is 5.11 Å². The van der Waals surface area contributed by atoms with E-state index < -0.39 is 21.9 Å². The van der Waals surface area contributed by atoms with Crippen molar-refractivity contribution in [2.24, 2.45) is 0 Å². The van der Waals surface area contributed by atoms with Crippen molar-refractivity contribution in [1.82, 2.24) is 10.0 Å². The molecule has 1 amide bonds. The van der Waals surface area contributed by atoms with Crippen molar-refractivity contribution in [3.63, 3.8) is 0 Å². The van der Waals surface area contributed by atoms with Gasteiger partial charge in [-0.1, -0.05) is 13.0 Å². The van der Waals surface area contributed by atoms with Gasteiger partial charge in [-0.05, 0) is 31.0 Å². The van der Waals surface area contributed by atoms with Crippen molar-refractivity contribution in [2.75, 3.05) is 13.1 Å². The van der Waals surface area contributed by atoms with Gasteiger partial charge in [-0.15, -0.1) is 0 Å². The maximum absolute atomic E-state index is 12.1. The first-order valence-corrected chi connectivity index (χ1v) is 7.86. The highest BCUT2D eigenvalue weighted by Crippen LogP contribution is 2.16. The summed E-state index contributed by atoms with van der Waals surface area (Å²) in [5, 5.41) is 11.4. The number of carboxylic acid groups (broad SMARTS) is 1. The highest BCUT2D eigenvalue weighted by Gasteiger charge is 2.19. The Morgan fingerprint density at radius 1 is 1.29 bits per heavy atom. The number of rotatable bonds is 7. The van der Waals surface area contributed by atoms with Crippen molar-refractivity contribution in [3.8, 4) is 0 Å². The number of sulfonamides is 1. The van der Waals surface area contributed by atoms with Crippen molar-refractivity contribution < 1.29 is 23.1 Å². The van der Waals surface area contributed by atoms with Gasteiger partial charge >= 0.3 is 5.97 Å². The van der Waals surface area contributed by atoms with Gasteiger partial charge in [0, 0.05) is 6.54 Å². The number of hydrogen-bond donors (Lipinski definition) is 3. The van der Waals surface area contributed by atoms with Crippen molar-refractivity contribution in [2.45, 2.75) is 25.2 Å². The molecule has 0 aliphatic carbocycles. The minimum atomic E-state index is -3.94. The molecule has 0 atom stereocenters. The zero-order chi connectivity index (χ0) is 16.0. The second kappa shape index (κ2) is 7.19. The third-order valence-electron chi connectivity index (χ3n) is 2.72. The summed E-state index contributed by atoms with van der Waals surface area (Å²) in [7, 11) is -3.94. The average Bonchev–Trinajstić information content (AvgIpc) is 2.43. The Kier molecular flexibility index (Phi) is 5.86. The number of carboxylic acids is 1. The Labute approximate surface area is 123 Å². The first-order valence-electron chi connectivity index (χ1n) is 6.38. The number of amides is 1. The summed E-state index contributed by atoms with van der Waals surface area (Å²) in [6.45, 7) is 3.51. The van der Waals surface area contributed by atoms with Crippen LogP contribution in [0.15, 0.2) is 23.1 Å². The zero-order valence-electron chi connectivity index (χ0n) is 11.8. The van der Waals surface area contributed by atoms with Crippen molar-refractivity contribution in [3.05, 3.63) is 29.3 Å². The monoisotopic (exact) mass is 314 g/mol. The van der Waals surface area contributed by atoms with Crippen LogP contribution in [0.25, 0.3) is 0 Å². The van der Waals surface area contributed by atoms with Crippen LogP contribution in [-0.2, 0) is 14.8 Å². The molecule has 1 rings (SSSR count). The van der Waals surface area contributed by atoms with Crippen LogP contribution >= 0.6 is 0 Å². The van der Waals surface area contributed by atoms with Crippen LogP contribution in [0.2, 0.25) is 0 Å². The normalized spacial score (nSPS) is 11.1. The fraction of sp³-hybridized carbons (Fsp3) is 0.385. The van der Waals surface area contributed by atoms with Crippen LogP contribution in [0.5, 0.6) is 0 Å². The van der Waals surface area contributed by atoms with E-state index in [9.17, 15) is 18.0 Å². The van der Waals surface area contributed by atoms with Gasteiger partial charge in [-0.2, -0.15) is 0 Å². The molecule has 0 unspecified atom stereocenters. The van der Waals surface area contributed by atoms with Gasteiger partial charge < -0.3 is 10.4 Å². The standard InChI is InChI=1S/C13H18N2O5S/c1-3-6-14-12(16)8-15-21(19,20)11-7-10(13(17)18)5-4-9(11)2/h4-5,7,15H,3,6,8H2,1-2H3,(H,14,16)(H,17,18). The molecule has 0 spiro atoms. The summed E-state index contributed by atoms with van der Waals surface area (Å²) in [5.74, 6) is -1.65. The summed E-state index contributed by atoms with van der Waals surface area (Å²) >= 11 is 0. The van der Waals surface area contributed by atoms with Crippen LogP contribution in [-0.4, -0.2) is 38.5 Å². The fourth-order valence-electron chi connectivity index (χ4n) is 1.59. The molecule has 3 N–H and O–H groups in total. The molecule has 0 aliphatic rings. The number of nitrogens with one attached hydrogen (secondary N) is 2. The van der Waals surface area contributed by atoms with Gasteiger partial charge in [0.1, 0.15) is 0 Å². The summed E-state index contributed by atoms with van der Waals surface area (Å²) in [6, 6.07) is 3.81. The number of carbonyl (C=O) groups excluding carboxylic acids is 1. The van der Waals surface area contributed by atoms with Gasteiger partial charge in [-0.3, -0.25) is 4.79 Å². The number of hydrogen-bond acceptors (Lipinski definition) is 4. The third kappa shape index (κ3) is 4.83. The van der Waals surface area contributed by atoms with Crippen LogP contribution < -0.4 is 10.0 Å². The molecule has 0 saturated heterocycles. The molecule has 8 heteroatoms. The number of aryl methyl sites for hydroxylation is 1. The number of aromatic carboxylic acids is 1. The smallest absolute Gasteiger partial charge is 0.335 e. The molecule has 1 aromatic carbocycles. The molecule has 116 valence electrons. The van der Waals surface area contributed by atoms with E-state index in [2.05, 4.69) is 10.0 Å². The molecule has 0 radical (unpaired) electrons. The largest absolute Gasteiger partial charge is 0.478 e. The summed E-state index contributed by atoms with van der Waals surface area (Å²) in [5.41, 5.74) is 0.276. The van der Waals surface area contributed by atoms with Crippen LogP contribution in [0.1, 0.15) is 29.3 Å². The molecular weight excluding hydrogens is 296 g/mol. The average molecular weight is 314 g/mol. The molecule has 1 aromatic rings. The molecule has 0 saturated carbocycles. The van der Waals surface area contributed by atoms with Gasteiger partial charge in [-0.25, -0.2) is 17.9 Å². The quantitative estimate of drug-likeness (QED) is 0.678. The lowest BCUT2D eigenvalue weighted by atomic mass is 10.1. The topological polar surface area (TPSA) is 113 Å². The lowest BCUT2D eigenvalue weighted by Crippen LogP contribution is -2.37.